The van der Waals surface area contributed by atoms with Crippen molar-refractivity contribution in [3.8, 4) is 0 Å². The molecule has 1 fully saturated rings. The van der Waals surface area contributed by atoms with Crippen LogP contribution in [0.15, 0.2) is 22.7 Å². The van der Waals surface area contributed by atoms with Crippen molar-refractivity contribution in [1.29, 1.82) is 0 Å². The largest absolute Gasteiger partial charge is 0.316 e. The van der Waals surface area contributed by atoms with Gasteiger partial charge in [0.1, 0.15) is 0 Å². The van der Waals surface area contributed by atoms with Gasteiger partial charge in [-0.2, -0.15) is 0 Å². The Morgan fingerprint density at radius 2 is 2.16 bits per heavy atom. The molecule has 2 atom stereocenters. The van der Waals surface area contributed by atoms with E-state index in [-0.39, 0.29) is 0 Å². The van der Waals surface area contributed by atoms with Crippen LogP contribution in [0.25, 0.3) is 0 Å². The molecule has 2 unspecified atom stereocenters. The third-order valence-electron chi connectivity index (χ3n) is 4.15. The second-order valence-electron chi connectivity index (χ2n) is 5.91. The first-order valence-electron chi connectivity index (χ1n) is 7.26. The van der Waals surface area contributed by atoms with Gasteiger partial charge >= 0.3 is 0 Å². The fourth-order valence-corrected chi connectivity index (χ4v) is 3.49. The second kappa shape index (κ2) is 6.87. The van der Waals surface area contributed by atoms with Crippen molar-refractivity contribution >= 4 is 15.9 Å². The molecule has 1 saturated heterocycles. The average Bonchev–Trinajstić information content (AvgIpc) is 2.36. The summed E-state index contributed by atoms with van der Waals surface area (Å²) < 4.78 is 1.24. The Balaban J connectivity index is 2.02. The van der Waals surface area contributed by atoms with Gasteiger partial charge in [-0.1, -0.05) is 35.0 Å². The van der Waals surface area contributed by atoms with E-state index in [4.69, 9.17) is 0 Å². The predicted molar refractivity (Wildman–Crippen MR) is 85.2 cm³/mol. The fourth-order valence-electron chi connectivity index (χ4n) is 2.94. The molecular weight excluding hydrogens is 300 g/mol. The van der Waals surface area contributed by atoms with Crippen molar-refractivity contribution < 1.29 is 0 Å². The molecule has 0 aliphatic carbocycles. The quantitative estimate of drug-likeness (QED) is 0.906. The minimum absolute atomic E-state index is 0.702. The second-order valence-corrected chi connectivity index (χ2v) is 6.76. The molecule has 0 radical (unpaired) electrons. The number of hydrogen-bond acceptors (Lipinski definition) is 2. The number of halogens is 1. The van der Waals surface area contributed by atoms with Crippen LogP contribution in [-0.2, 0) is 13.1 Å². The maximum absolute atomic E-state index is 3.72. The van der Waals surface area contributed by atoms with E-state index in [0.29, 0.717) is 6.04 Å². The highest BCUT2D eigenvalue weighted by atomic mass is 79.9. The van der Waals surface area contributed by atoms with E-state index < -0.39 is 0 Å². The molecule has 0 spiro atoms. The smallest absolute Gasteiger partial charge is 0.0247 e. The Hall–Kier alpha value is -0.380. The molecule has 2 rings (SSSR count). The molecule has 1 aliphatic heterocycles. The minimum atomic E-state index is 0.702. The van der Waals surface area contributed by atoms with Gasteiger partial charge in [-0.05, 0) is 56.5 Å². The molecule has 0 aromatic heterocycles. The molecule has 1 N–H and O–H groups in total. The molecule has 19 heavy (non-hydrogen) atoms. The van der Waals surface area contributed by atoms with Crippen LogP contribution in [0.4, 0.5) is 0 Å². The normalized spacial score (nSPS) is 24.6. The Kier molecular flexibility index (Phi) is 5.43. The number of benzene rings is 1. The highest BCUT2D eigenvalue weighted by molar-refractivity contribution is 9.10. The molecule has 2 nitrogen and oxygen atoms in total. The number of likely N-dealkylation sites (tertiary alicyclic amines) is 1. The molecule has 1 aromatic rings. The monoisotopic (exact) mass is 324 g/mol. The van der Waals surface area contributed by atoms with Crippen LogP contribution in [0.5, 0.6) is 0 Å². The Bertz CT molecular complexity index is 419. The summed E-state index contributed by atoms with van der Waals surface area (Å²) >= 11 is 3.72. The molecule has 1 aromatic carbocycles. The maximum atomic E-state index is 3.72. The summed E-state index contributed by atoms with van der Waals surface area (Å²) in [7, 11) is 1.98. The Morgan fingerprint density at radius 3 is 2.79 bits per heavy atom. The first-order chi connectivity index (χ1) is 9.10. The van der Waals surface area contributed by atoms with E-state index in [1.165, 1.54) is 35.0 Å². The third-order valence-corrected chi connectivity index (χ3v) is 4.89. The van der Waals surface area contributed by atoms with Gasteiger partial charge in [-0.3, -0.25) is 4.90 Å². The summed E-state index contributed by atoms with van der Waals surface area (Å²) in [6, 6.07) is 7.44. The minimum Gasteiger partial charge on any atom is -0.316 e. The molecular formula is C16H25BrN2. The lowest BCUT2D eigenvalue weighted by atomic mass is 9.93. The first kappa shape index (κ1) is 15.0. The Labute approximate surface area is 125 Å². The van der Waals surface area contributed by atoms with Gasteiger partial charge in [-0.25, -0.2) is 0 Å². The van der Waals surface area contributed by atoms with Gasteiger partial charge in [0.15, 0.2) is 0 Å². The fraction of sp³-hybridized carbons (Fsp3) is 0.625. The molecule has 0 saturated carbocycles. The van der Waals surface area contributed by atoms with Crippen molar-refractivity contribution in [3.05, 3.63) is 33.8 Å². The van der Waals surface area contributed by atoms with Gasteiger partial charge < -0.3 is 5.32 Å². The van der Waals surface area contributed by atoms with Crippen molar-refractivity contribution in [2.75, 3.05) is 13.6 Å². The summed E-state index contributed by atoms with van der Waals surface area (Å²) in [5.41, 5.74) is 2.74. The van der Waals surface area contributed by atoms with Gasteiger partial charge in [0.25, 0.3) is 0 Å². The summed E-state index contributed by atoms with van der Waals surface area (Å²) in [6.07, 6.45) is 2.66. The van der Waals surface area contributed by atoms with E-state index in [1.54, 1.807) is 0 Å². The van der Waals surface area contributed by atoms with Crippen LogP contribution in [0.3, 0.4) is 0 Å². The number of rotatable bonds is 4. The zero-order valence-corrected chi connectivity index (χ0v) is 13.8. The number of piperidine rings is 1. The van der Waals surface area contributed by atoms with Crippen molar-refractivity contribution in [3.63, 3.8) is 0 Å². The van der Waals surface area contributed by atoms with Gasteiger partial charge in [-0.15, -0.1) is 0 Å². The van der Waals surface area contributed by atoms with Crippen LogP contribution in [0.2, 0.25) is 0 Å². The summed E-state index contributed by atoms with van der Waals surface area (Å²) in [4.78, 5) is 2.61. The number of nitrogens with one attached hydrogen (secondary N) is 1. The molecule has 3 heteroatoms. The number of hydrogen-bond donors (Lipinski definition) is 1. The lowest BCUT2D eigenvalue weighted by molar-refractivity contribution is 0.122. The lowest BCUT2D eigenvalue weighted by Crippen LogP contribution is -2.39. The van der Waals surface area contributed by atoms with E-state index in [1.807, 2.05) is 7.05 Å². The van der Waals surface area contributed by atoms with Crippen molar-refractivity contribution in [2.45, 2.75) is 45.8 Å². The van der Waals surface area contributed by atoms with E-state index in [0.717, 1.165) is 19.0 Å². The van der Waals surface area contributed by atoms with Gasteiger partial charge in [0.2, 0.25) is 0 Å². The van der Waals surface area contributed by atoms with Crippen LogP contribution < -0.4 is 5.32 Å². The van der Waals surface area contributed by atoms with Crippen LogP contribution in [0.1, 0.15) is 37.8 Å². The van der Waals surface area contributed by atoms with Crippen molar-refractivity contribution in [2.24, 2.45) is 5.92 Å². The number of nitrogens with zero attached hydrogens (tertiary/aromatic N) is 1. The van der Waals surface area contributed by atoms with E-state index in [2.05, 4.69) is 58.2 Å². The zero-order valence-electron chi connectivity index (χ0n) is 12.2. The van der Waals surface area contributed by atoms with Crippen LogP contribution >= 0.6 is 15.9 Å². The lowest BCUT2D eigenvalue weighted by Gasteiger charge is -2.36. The molecule has 1 heterocycles. The topological polar surface area (TPSA) is 15.3 Å². The molecule has 1 aliphatic rings. The highest BCUT2D eigenvalue weighted by Crippen LogP contribution is 2.26. The standard InChI is InChI=1S/C16H25BrN2/c1-12-6-7-19(13(2)8-12)11-15-5-4-14(10-18-3)9-16(15)17/h4-5,9,12-13,18H,6-8,10-11H2,1-3H3. The SMILES string of the molecule is CNCc1ccc(CN2CCC(C)CC2C)c(Br)c1. The molecule has 0 bridgehead atoms. The average molecular weight is 325 g/mol. The van der Waals surface area contributed by atoms with Crippen molar-refractivity contribution in [1.82, 2.24) is 10.2 Å². The predicted octanol–water partition coefficient (Wildman–Crippen LogP) is 3.79. The first-order valence-corrected chi connectivity index (χ1v) is 8.05. The van der Waals surface area contributed by atoms with E-state index in [9.17, 15) is 0 Å². The Morgan fingerprint density at radius 1 is 1.37 bits per heavy atom. The van der Waals surface area contributed by atoms with Crippen LogP contribution in [-0.4, -0.2) is 24.5 Å². The highest BCUT2D eigenvalue weighted by Gasteiger charge is 2.23. The summed E-state index contributed by atoms with van der Waals surface area (Å²) in [6.45, 7) is 7.95. The van der Waals surface area contributed by atoms with Gasteiger partial charge in [0, 0.05) is 23.6 Å². The zero-order chi connectivity index (χ0) is 13.8. The summed E-state index contributed by atoms with van der Waals surface area (Å²) in [5, 5.41) is 3.19. The maximum Gasteiger partial charge on any atom is 0.0247 e. The summed E-state index contributed by atoms with van der Waals surface area (Å²) in [5.74, 6) is 0.882. The third kappa shape index (κ3) is 4.04. The van der Waals surface area contributed by atoms with Crippen LogP contribution in [0, 0.1) is 5.92 Å². The molecule has 0 amide bonds. The van der Waals surface area contributed by atoms with Gasteiger partial charge in [0.05, 0.1) is 0 Å². The van der Waals surface area contributed by atoms with E-state index >= 15 is 0 Å². The molecule has 106 valence electrons.